The van der Waals surface area contributed by atoms with Gasteiger partial charge in [-0.3, -0.25) is 4.72 Å². The molecule has 0 amide bonds. The fourth-order valence-electron chi connectivity index (χ4n) is 7.68. The van der Waals surface area contributed by atoms with Crippen LogP contribution in [0.4, 0.5) is 5.69 Å². The Morgan fingerprint density at radius 2 is 1.68 bits per heavy atom. The Hall–Kier alpha value is -3.16. The van der Waals surface area contributed by atoms with Gasteiger partial charge in [0, 0.05) is 17.8 Å². The van der Waals surface area contributed by atoms with Crippen molar-refractivity contribution in [1.29, 1.82) is 0 Å². The van der Waals surface area contributed by atoms with Gasteiger partial charge in [-0.2, -0.15) is 17.4 Å². The molecule has 4 aliphatic rings. The fraction of sp³-hybridized carbons (Fsp3) is 0.379. The molecule has 7 rings (SSSR count). The van der Waals surface area contributed by atoms with Crippen LogP contribution < -0.4 is 18.9 Å². The van der Waals surface area contributed by atoms with Gasteiger partial charge in [0.05, 0.1) is 35.1 Å². The van der Waals surface area contributed by atoms with E-state index < -0.39 is 49.4 Å². The van der Waals surface area contributed by atoms with Crippen molar-refractivity contribution in [2.45, 2.75) is 59.8 Å². The highest BCUT2D eigenvalue weighted by Gasteiger charge is 2.74. The van der Waals surface area contributed by atoms with Crippen LogP contribution >= 0.6 is 0 Å². The number of hydrogen-bond acceptors (Lipinski definition) is 7. The molecule has 1 saturated heterocycles. The van der Waals surface area contributed by atoms with Crippen molar-refractivity contribution < 1.29 is 31.4 Å². The van der Waals surface area contributed by atoms with E-state index in [0.717, 1.165) is 11.1 Å². The molecule has 2 fully saturated rings. The number of benzene rings is 3. The number of piperidine rings is 1. The Bertz CT molecular complexity index is 1720. The molecule has 2 bridgehead atoms. The van der Waals surface area contributed by atoms with E-state index in [1.54, 1.807) is 66.7 Å². The van der Waals surface area contributed by atoms with E-state index in [4.69, 9.17) is 9.47 Å². The van der Waals surface area contributed by atoms with Crippen LogP contribution in [0, 0.1) is 0 Å². The lowest BCUT2D eigenvalue weighted by atomic mass is 9.49. The Morgan fingerprint density at radius 1 is 0.976 bits per heavy atom. The first-order chi connectivity index (χ1) is 19.6. The molecule has 1 saturated carbocycles. The Balaban J connectivity index is 1.32. The number of nitrogens with one attached hydrogen (secondary N) is 2. The average Bonchev–Trinajstić information content (AvgIpc) is 3.30. The normalized spacial score (nSPS) is 30.2. The van der Waals surface area contributed by atoms with Crippen LogP contribution in [0.25, 0.3) is 0 Å². The summed E-state index contributed by atoms with van der Waals surface area (Å²) >= 11 is 0. The summed E-state index contributed by atoms with van der Waals surface area (Å²) in [7, 11) is -6.38. The molecular formula is C29H31N3O7S2. The molecule has 10 nitrogen and oxygen atoms in total. The second-order valence-electron chi connectivity index (χ2n) is 11.2. The van der Waals surface area contributed by atoms with Gasteiger partial charge in [0.15, 0.2) is 11.5 Å². The molecule has 0 radical (unpaired) electrons. The van der Waals surface area contributed by atoms with Gasteiger partial charge in [-0.05, 0) is 61.6 Å². The summed E-state index contributed by atoms with van der Waals surface area (Å²) in [6.45, 7) is 0.155. The third-order valence-corrected chi connectivity index (χ3v) is 12.3. The summed E-state index contributed by atoms with van der Waals surface area (Å²) in [5, 5.41) is 12.7. The highest BCUT2D eigenvalue weighted by Crippen LogP contribution is 2.66. The van der Waals surface area contributed by atoms with Crippen molar-refractivity contribution in [1.82, 2.24) is 9.03 Å². The zero-order valence-corrected chi connectivity index (χ0v) is 24.0. The number of hydrogen-bond donors (Lipinski definition) is 3. The first kappa shape index (κ1) is 26.7. The van der Waals surface area contributed by atoms with Gasteiger partial charge < -0.3 is 14.6 Å². The molecule has 2 aliphatic carbocycles. The largest absolute Gasteiger partial charge is 0.493 e. The summed E-state index contributed by atoms with van der Waals surface area (Å²) < 4.78 is 73.3. The second kappa shape index (κ2) is 9.17. The van der Waals surface area contributed by atoms with E-state index in [0.29, 0.717) is 23.6 Å². The number of ether oxygens (including phenoxy) is 2. The minimum Gasteiger partial charge on any atom is -0.493 e. The van der Waals surface area contributed by atoms with E-state index in [2.05, 4.69) is 9.44 Å². The molecule has 216 valence electrons. The molecular weight excluding hydrogens is 566 g/mol. The molecule has 3 N–H and O–H groups in total. The van der Waals surface area contributed by atoms with Crippen LogP contribution in [0.1, 0.15) is 30.4 Å². The summed E-state index contributed by atoms with van der Waals surface area (Å²) in [6.07, 6.45) is 0.225. The smallest absolute Gasteiger partial charge is 0.299 e. The van der Waals surface area contributed by atoms with Gasteiger partial charge in [-0.25, -0.2) is 8.42 Å². The first-order valence-electron chi connectivity index (χ1n) is 13.6. The number of anilines is 1. The SMILES string of the molecule is COc1ccc2c3c1O[C@@H]1[C@@H](NS(=O)(=O)Nc4ccccc4)CC[C@]4(O)[C@H](C2)N(S(=O)(=O)c2ccccc2)CC[C@@]314. The maximum atomic E-state index is 13.9. The van der Waals surface area contributed by atoms with Crippen molar-refractivity contribution in [3.8, 4) is 11.5 Å². The lowest BCUT2D eigenvalue weighted by Crippen LogP contribution is -2.78. The molecule has 1 spiro atoms. The molecule has 2 aliphatic heterocycles. The van der Waals surface area contributed by atoms with E-state index in [-0.39, 0.29) is 30.7 Å². The molecule has 3 aromatic carbocycles. The number of aliphatic hydroxyl groups is 1. The zero-order valence-electron chi connectivity index (χ0n) is 22.4. The molecule has 0 aromatic heterocycles. The lowest BCUT2D eigenvalue weighted by molar-refractivity contribution is -0.174. The first-order valence-corrected chi connectivity index (χ1v) is 16.5. The third-order valence-electron chi connectivity index (χ3n) is 9.30. The van der Waals surface area contributed by atoms with Gasteiger partial charge in [0.25, 0.3) is 10.2 Å². The van der Waals surface area contributed by atoms with E-state index in [1.807, 2.05) is 6.07 Å². The van der Waals surface area contributed by atoms with Crippen LogP contribution in [-0.4, -0.2) is 63.7 Å². The standard InChI is InChI=1S/C29H31N3O7S2/c1-38-23-13-12-19-18-24-29(33)15-14-22(31-41(36,37)30-20-8-4-2-5-9-20)27-28(29,25(19)26(23)39-27)16-17-32(24)40(34,35)21-10-6-3-7-11-21/h2-13,22,24,27,30-31,33H,14-18H2,1H3/t22-,24-,27+,28+,29-/m0/s1. The van der Waals surface area contributed by atoms with Crippen LogP contribution in [0.3, 0.4) is 0 Å². The van der Waals surface area contributed by atoms with Crippen LogP contribution in [-0.2, 0) is 32.1 Å². The average molecular weight is 598 g/mol. The fourth-order valence-corrected chi connectivity index (χ4v) is 10.5. The summed E-state index contributed by atoms with van der Waals surface area (Å²) in [4.78, 5) is 0.174. The predicted molar refractivity (Wildman–Crippen MR) is 152 cm³/mol. The number of para-hydroxylation sites is 1. The van der Waals surface area contributed by atoms with Gasteiger partial charge >= 0.3 is 0 Å². The van der Waals surface area contributed by atoms with Crippen molar-refractivity contribution in [3.05, 3.63) is 83.9 Å². The minimum absolute atomic E-state index is 0.155. The number of methoxy groups -OCH3 is 1. The number of sulfonamides is 1. The number of rotatable bonds is 7. The van der Waals surface area contributed by atoms with Gasteiger partial charge in [0.2, 0.25) is 10.0 Å². The zero-order chi connectivity index (χ0) is 28.6. The Morgan fingerprint density at radius 3 is 2.39 bits per heavy atom. The maximum absolute atomic E-state index is 13.9. The topological polar surface area (TPSA) is 134 Å². The van der Waals surface area contributed by atoms with Gasteiger partial charge in [0.1, 0.15) is 6.10 Å². The quantitative estimate of drug-likeness (QED) is 0.381. The van der Waals surface area contributed by atoms with Crippen molar-refractivity contribution in [2.75, 3.05) is 18.4 Å². The van der Waals surface area contributed by atoms with Crippen molar-refractivity contribution >= 4 is 25.9 Å². The highest BCUT2D eigenvalue weighted by atomic mass is 32.2. The summed E-state index contributed by atoms with van der Waals surface area (Å²) in [6, 6.07) is 19.1. The highest BCUT2D eigenvalue weighted by molar-refractivity contribution is 7.90. The number of nitrogens with zero attached hydrogens (tertiary/aromatic N) is 1. The molecule has 5 atom stereocenters. The van der Waals surface area contributed by atoms with Gasteiger partial charge in [-0.15, -0.1) is 0 Å². The Labute approximate surface area is 239 Å². The molecule has 12 heteroatoms. The molecule has 41 heavy (non-hydrogen) atoms. The lowest BCUT2D eigenvalue weighted by Gasteiger charge is -2.63. The molecule has 0 unspecified atom stereocenters. The van der Waals surface area contributed by atoms with Crippen LogP contribution in [0.15, 0.2) is 77.7 Å². The summed E-state index contributed by atoms with van der Waals surface area (Å²) in [5.74, 6) is 0.991. The summed E-state index contributed by atoms with van der Waals surface area (Å²) in [5.41, 5.74) is -0.427. The monoisotopic (exact) mass is 597 g/mol. The predicted octanol–water partition coefficient (Wildman–Crippen LogP) is 2.55. The van der Waals surface area contributed by atoms with Crippen LogP contribution in [0.2, 0.25) is 0 Å². The van der Waals surface area contributed by atoms with E-state index in [1.165, 1.54) is 11.4 Å². The molecule has 2 heterocycles. The third kappa shape index (κ3) is 3.77. The minimum atomic E-state index is -4.01. The Kier molecular flexibility index (Phi) is 5.98. The van der Waals surface area contributed by atoms with Crippen molar-refractivity contribution in [3.63, 3.8) is 0 Å². The van der Waals surface area contributed by atoms with E-state index in [9.17, 15) is 21.9 Å². The van der Waals surface area contributed by atoms with Gasteiger partial charge in [-0.1, -0.05) is 42.5 Å². The molecule has 3 aromatic rings. The van der Waals surface area contributed by atoms with Crippen molar-refractivity contribution in [2.24, 2.45) is 0 Å². The second-order valence-corrected chi connectivity index (χ2v) is 14.5. The van der Waals surface area contributed by atoms with E-state index >= 15 is 0 Å². The maximum Gasteiger partial charge on any atom is 0.299 e. The van der Waals surface area contributed by atoms with Crippen LogP contribution in [0.5, 0.6) is 11.5 Å².